The lowest BCUT2D eigenvalue weighted by molar-refractivity contribution is 0.0940. The van der Waals surface area contributed by atoms with Gasteiger partial charge in [0, 0.05) is 43.2 Å². The zero-order chi connectivity index (χ0) is 30.1. The summed E-state index contributed by atoms with van der Waals surface area (Å²) in [4.78, 5) is 40.1. The van der Waals surface area contributed by atoms with Gasteiger partial charge in [0.1, 0.15) is 6.61 Å². The van der Waals surface area contributed by atoms with Gasteiger partial charge in [-0.05, 0) is 75.0 Å². The number of aliphatic hydroxyl groups is 1. The number of thiophene rings is 1. The van der Waals surface area contributed by atoms with Gasteiger partial charge in [-0.25, -0.2) is 4.79 Å². The number of carbonyl (C=O) groups is 2. The molecule has 0 radical (unpaired) electrons. The molecule has 2 aromatic heterocycles. The highest BCUT2D eigenvalue weighted by Crippen LogP contribution is 2.24. The fourth-order valence-corrected chi connectivity index (χ4v) is 5.88. The van der Waals surface area contributed by atoms with Crippen molar-refractivity contribution in [3.8, 4) is 5.69 Å². The standard InChI is InChI=1S/C30H37ClN4O6S/c1-34(30(39)41-17-15-33-28(37)26-11-12-27(31)42-26)23-7-10-25(21(18-23)19-40-2)35-16-3-4-20(29(35)38)13-14-32-22-5-8-24(36)9-6-22/h3-4,7,10-12,16,18,22,24,32,36H,5-6,8-9,13-15,17,19H2,1-2H3,(H,33,37)/t22-,24-. The van der Waals surface area contributed by atoms with Crippen molar-refractivity contribution in [3.05, 3.63) is 79.4 Å². The number of anilines is 1. The van der Waals surface area contributed by atoms with Crippen molar-refractivity contribution in [1.29, 1.82) is 0 Å². The maximum absolute atomic E-state index is 13.4. The van der Waals surface area contributed by atoms with Crippen molar-refractivity contribution in [1.82, 2.24) is 15.2 Å². The highest BCUT2D eigenvalue weighted by Gasteiger charge is 2.19. The number of rotatable bonds is 12. The molecular formula is C30H37ClN4O6S. The van der Waals surface area contributed by atoms with Crippen LogP contribution in [-0.4, -0.2) is 67.7 Å². The molecule has 3 aromatic rings. The molecule has 4 rings (SSSR count). The van der Waals surface area contributed by atoms with Crippen LogP contribution in [0.25, 0.3) is 5.69 Å². The average molecular weight is 617 g/mol. The summed E-state index contributed by atoms with van der Waals surface area (Å²) in [5.74, 6) is -0.281. The van der Waals surface area contributed by atoms with Gasteiger partial charge < -0.3 is 25.2 Å². The van der Waals surface area contributed by atoms with E-state index in [2.05, 4.69) is 10.6 Å². The summed E-state index contributed by atoms with van der Waals surface area (Å²) in [6.45, 7) is 1.07. The minimum atomic E-state index is -0.585. The summed E-state index contributed by atoms with van der Waals surface area (Å²) >= 11 is 7.04. The van der Waals surface area contributed by atoms with Crippen molar-refractivity contribution >= 4 is 40.6 Å². The van der Waals surface area contributed by atoms with E-state index in [1.807, 2.05) is 12.1 Å². The Bertz CT molecular complexity index is 1420. The summed E-state index contributed by atoms with van der Waals surface area (Å²) < 4.78 is 12.9. The quantitative estimate of drug-likeness (QED) is 0.262. The SMILES string of the molecule is COCc1cc(N(C)C(=O)OCCNC(=O)c2ccc(Cl)s2)ccc1-n1cccc(CCN[C@H]2CC[C@H](O)CC2)c1=O. The second kappa shape index (κ2) is 15.3. The molecule has 42 heavy (non-hydrogen) atoms. The highest BCUT2D eigenvalue weighted by molar-refractivity contribution is 7.18. The predicted octanol–water partition coefficient (Wildman–Crippen LogP) is 4.14. The van der Waals surface area contributed by atoms with Gasteiger partial charge in [0.2, 0.25) is 0 Å². The predicted molar refractivity (Wildman–Crippen MR) is 164 cm³/mol. The summed E-state index contributed by atoms with van der Waals surface area (Å²) in [5.41, 5.74) is 2.56. The first kappa shape index (κ1) is 31.7. The zero-order valence-corrected chi connectivity index (χ0v) is 25.4. The molecule has 3 N–H and O–H groups in total. The summed E-state index contributed by atoms with van der Waals surface area (Å²) in [7, 11) is 3.16. The summed E-state index contributed by atoms with van der Waals surface area (Å²) in [5, 5.41) is 15.9. The van der Waals surface area contributed by atoms with Gasteiger partial charge in [-0.3, -0.25) is 19.1 Å². The van der Waals surface area contributed by atoms with Gasteiger partial charge >= 0.3 is 6.09 Å². The van der Waals surface area contributed by atoms with E-state index < -0.39 is 6.09 Å². The lowest BCUT2D eigenvalue weighted by Gasteiger charge is -2.26. The molecule has 0 saturated heterocycles. The molecule has 0 spiro atoms. The number of aromatic nitrogens is 1. The van der Waals surface area contributed by atoms with Crippen LogP contribution in [0.15, 0.2) is 53.5 Å². The van der Waals surface area contributed by atoms with Crippen LogP contribution in [0.5, 0.6) is 0 Å². The molecule has 1 aliphatic carbocycles. The van der Waals surface area contributed by atoms with Gasteiger partial charge in [-0.2, -0.15) is 0 Å². The summed E-state index contributed by atoms with van der Waals surface area (Å²) in [6, 6.07) is 12.7. The van der Waals surface area contributed by atoms with Crippen LogP contribution in [0.4, 0.5) is 10.5 Å². The van der Waals surface area contributed by atoms with Crippen molar-refractivity contribution in [2.45, 2.75) is 50.9 Å². The Morgan fingerprint density at radius 2 is 1.90 bits per heavy atom. The molecule has 12 heteroatoms. The smallest absolute Gasteiger partial charge is 0.414 e. The summed E-state index contributed by atoms with van der Waals surface area (Å²) in [6.07, 6.45) is 5.04. The lowest BCUT2D eigenvalue weighted by atomic mass is 9.93. The van der Waals surface area contributed by atoms with Gasteiger partial charge in [-0.1, -0.05) is 17.7 Å². The Labute approximate surface area is 254 Å². The van der Waals surface area contributed by atoms with Crippen LogP contribution < -0.4 is 21.1 Å². The number of carbonyl (C=O) groups excluding carboxylic acids is 2. The number of hydrogen-bond acceptors (Lipinski definition) is 8. The van der Waals surface area contributed by atoms with Gasteiger partial charge in [0.25, 0.3) is 11.5 Å². The molecule has 1 fully saturated rings. The molecule has 0 bridgehead atoms. The Morgan fingerprint density at radius 3 is 2.62 bits per heavy atom. The maximum atomic E-state index is 13.4. The second-order valence-corrected chi connectivity index (χ2v) is 11.9. The number of pyridine rings is 1. The normalized spacial score (nSPS) is 16.7. The van der Waals surface area contributed by atoms with E-state index in [-0.39, 0.29) is 37.3 Å². The minimum Gasteiger partial charge on any atom is -0.447 e. The van der Waals surface area contributed by atoms with E-state index in [1.54, 1.807) is 55.3 Å². The van der Waals surface area contributed by atoms with Crippen LogP contribution in [0, 0.1) is 0 Å². The second-order valence-electron chi connectivity index (χ2n) is 10.2. The Hall–Kier alpha value is -3.22. The van der Waals surface area contributed by atoms with Crippen molar-refractivity contribution in [2.24, 2.45) is 0 Å². The van der Waals surface area contributed by atoms with E-state index in [1.165, 1.54) is 16.2 Å². The molecule has 1 saturated carbocycles. The zero-order valence-electron chi connectivity index (χ0n) is 23.8. The fraction of sp³-hybridized carbons (Fsp3) is 0.433. The van der Waals surface area contributed by atoms with Gasteiger partial charge in [0.15, 0.2) is 0 Å². The average Bonchev–Trinajstić information content (AvgIpc) is 3.43. The molecule has 0 unspecified atom stereocenters. The van der Waals surface area contributed by atoms with Crippen molar-refractivity contribution < 1.29 is 24.2 Å². The molecule has 10 nitrogen and oxygen atoms in total. The van der Waals surface area contributed by atoms with Gasteiger partial charge in [-0.15, -0.1) is 11.3 Å². The number of halogens is 1. The molecule has 1 aliphatic rings. The van der Waals surface area contributed by atoms with E-state index >= 15 is 0 Å². The molecule has 0 aliphatic heterocycles. The number of benzene rings is 1. The van der Waals surface area contributed by atoms with E-state index in [4.69, 9.17) is 21.1 Å². The Balaban J connectivity index is 1.37. The van der Waals surface area contributed by atoms with Crippen LogP contribution in [0.1, 0.15) is 46.5 Å². The minimum absolute atomic E-state index is 0.00320. The molecule has 1 aromatic carbocycles. The molecule has 2 amide bonds. The number of methoxy groups -OCH3 is 1. The maximum Gasteiger partial charge on any atom is 0.414 e. The van der Waals surface area contributed by atoms with Crippen LogP contribution in [0.2, 0.25) is 4.34 Å². The third kappa shape index (κ3) is 8.42. The van der Waals surface area contributed by atoms with Crippen molar-refractivity contribution in [3.63, 3.8) is 0 Å². The Kier molecular flexibility index (Phi) is 11.6. The number of amides is 2. The molecule has 0 atom stereocenters. The number of nitrogens with one attached hydrogen (secondary N) is 2. The lowest BCUT2D eigenvalue weighted by Crippen LogP contribution is -2.36. The first-order valence-corrected chi connectivity index (χ1v) is 15.1. The first-order chi connectivity index (χ1) is 20.3. The highest BCUT2D eigenvalue weighted by atomic mass is 35.5. The van der Waals surface area contributed by atoms with E-state index in [9.17, 15) is 19.5 Å². The number of nitrogens with zero attached hydrogens (tertiary/aromatic N) is 2. The van der Waals surface area contributed by atoms with Gasteiger partial charge in [0.05, 0.1) is 34.2 Å². The van der Waals surface area contributed by atoms with Crippen LogP contribution >= 0.6 is 22.9 Å². The third-order valence-corrected chi connectivity index (χ3v) is 8.47. The fourth-order valence-electron chi connectivity index (χ4n) is 4.93. The van der Waals surface area contributed by atoms with Crippen LogP contribution in [0.3, 0.4) is 0 Å². The molecule has 226 valence electrons. The number of hydrogen-bond donors (Lipinski definition) is 3. The number of aliphatic hydroxyl groups excluding tert-OH is 1. The number of ether oxygens (including phenoxy) is 2. The first-order valence-electron chi connectivity index (χ1n) is 13.9. The van der Waals surface area contributed by atoms with E-state index in [0.29, 0.717) is 45.2 Å². The van der Waals surface area contributed by atoms with Crippen molar-refractivity contribution in [2.75, 3.05) is 38.8 Å². The molecular weight excluding hydrogens is 580 g/mol. The Morgan fingerprint density at radius 1 is 1.12 bits per heavy atom. The monoisotopic (exact) mass is 616 g/mol. The largest absolute Gasteiger partial charge is 0.447 e. The van der Waals surface area contributed by atoms with Crippen LogP contribution in [-0.2, 0) is 22.5 Å². The molecule has 2 heterocycles. The third-order valence-electron chi connectivity index (χ3n) is 7.24. The van der Waals surface area contributed by atoms with E-state index in [0.717, 1.165) is 31.2 Å². The topological polar surface area (TPSA) is 122 Å².